The highest BCUT2D eigenvalue weighted by atomic mass is 19.4. The van der Waals surface area contributed by atoms with Crippen molar-refractivity contribution >= 4 is 22.3 Å². The second-order valence-electron chi connectivity index (χ2n) is 7.54. The van der Waals surface area contributed by atoms with Crippen molar-refractivity contribution in [2.75, 3.05) is 36.4 Å². The number of piperazine rings is 1. The number of nitrogens with zero attached hydrogens (tertiary/aromatic N) is 3. The Hall–Kier alpha value is -3.31. The van der Waals surface area contributed by atoms with E-state index in [0.717, 1.165) is 48.8 Å². The van der Waals surface area contributed by atoms with Crippen molar-refractivity contribution in [3.63, 3.8) is 0 Å². The molecule has 5 nitrogen and oxygen atoms in total. The van der Waals surface area contributed by atoms with Gasteiger partial charge in [0, 0.05) is 50.0 Å². The van der Waals surface area contributed by atoms with E-state index in [1.807, 2.05) is 45.9 Å². The largest absolute Gasteiger partial charge is 0.416 e. The van der Waals surface area contributed by atoms with E-state index in [0.29, 0.717) is 16.8 Å². The Morgan fingerprint density at radius 2 is 1.77 bits per heavy atom. The molecule has 188 valence electrons. The number of aromatic nitrogens is 1. The van der Waals surface area contributed by atoms with Crippen molar-refractivity contribution in [1.29, 1.82) is 5.26 Å². The lowest BCUT2D eigenvalue weighted by Gasteiger charge is -2.29. The van der Waals surface area contributed by atoms with Gasteiger partial charge < -0.3 is 15.5 Å². The average Bonchev–Trinajstić information content (AvgIpc) is 2.89. The second kappa shape index (κ2) is 13.0. The van der Waals surface area contributed by atoms with Gasteiger partial charge in [0.1, 0.15) is 6.07 Å². The summed E-state index contributed by atoms with van der Waals surface area (Å²) in [5.74, 6) is 0. The summed E-state index contributed by atoms with van der Waals surface area (Å²) in [6.45, 7) is 13.2. The van der Waals surface area contributed by atoms with Gasteiger partial charge >= 0.3 is 6.18 Å². The minimum atomic E-state index is -4.40. The third-order valence-electron chi connectivity index (χ3n) is 5.66. The molecule has 2 heterocycles. The standard InChI is InChI=1S/C23H22F3N5.2C2H6/c1-15-16(3-2-4-20(15)23(24,25)26)13-30-22-17(12-27)14-29-21-6-5-18(11-19(21)22)31-9-7-28-8-10-31;2*1-2/h2-6,11,14,28H,7-10,13H2,1H3,(H,29,30);2*1-2H3. The number of nitriles is 1. The fraction of sp³-hybridized carbons (Fsp3) is 0.407. The van der Waals surface area contributed by atoms with Crippen LogP contribution in [0.1, 0.15) is 49.9 Å². The molecule has 0 bridgehead atoms. The third kappa shape index (κ3) is 6.64. The van der Waals surface area contributed by atoms with E-state index in [1.54, 1.807) is 6.07 Å². The van der Waals surface area contributed by atoms with E-state index < -0.39 is 11.7 Å². The number of alkyl halides is 3. The molecule has 1 aliphatic rings. The molecule has 35 heavy (non-hydrogen) atoms. The average molecular weight is 486 g/mol. The Labute approximate surface area is 206 Å². The topological polar surface area (TPSA) is 64.0 Å². The van der Waals surface area contributed by atoms with Gasteiger partial charge in [-0.1, -0.05) is 39.8 Å². The Balaban J connectivity index is 0.00000103. The highest BCUT2D eigenvalue weighted by Crippen LogP contribution is 2.34. The molecule has 1 fully saturated rings. The number of hydrogen-bond acceptors (Lipinski definition) is 5. The van der Waals surface area contributed by atoms with Gasteiger partial charge in [-0.15, -0.1) is 0 Å². The molecule has 1 aliphatic heterocycles. The summed E-state index contributed by atoms with van der Waals surface area (Å²) in [4.78, 5) is 6.64. The van der Waals surface area contributed by atoms with Gasteiger partial charge in [-0.3, -0.25) is 4.98 Å². The monoisotopic (exact) mass is 485 g/mol. The Morgan fingerprint density at radius 1 is 1.09 bits per heavy atom. The number of halogens is 3. The van der Waals surface area contributed by atoms with Crippen LogP contribution in [0.4, 0.5) is 24.5 Å². The number of hydrogen-bond donors (Lipinski definition) is 2. The first kappa shape index (κ1) is 27.9. The van der Waals surface area contributed by atoms with Crippen LogP contribution in [0.15, 0.2) is 42.6 Å². The maximum atomic E-state index is 13.3. The Morgan fingerprint density at radius 3 is 2.40 bits per heavy atom. The summed E-state index contributed by atoms with van der Waals surface area (Å²) in [7, 11) is 0. The van der Waals surface area contributed by atoms with Crippen LogP contribution in [0.2, 0.25) is 0 Å². The molecule has 4 rings (SSSR count). The Kier molecular flexibility index (Phi) is 10.3. The van der Waals surface area contributed by atoms with E-state index in [9.17, 15) is 18.4 Å². The number of nitrogens with one attached hydrogen (secondary N) is 2. The van der Waals surface area contributed by atoms with Gasteiger partial charge in [0.25, 0.3) is 0 Å². The van der Waals surface area contributed by atoms with Gasteiger partial charge in [-0.2, -0.15) is 18.4 Å². The molecule has 3 aromatic rings. The molecule has 0 spiro atoms. The molecule has 0 amide bonds. The fourth-order valence-corrected chi connectivity index (χ4v) is 3.94. The lowest BCUT2D eigenvalue weighted by atomic mass is 10.0. The molecule has 0 saturated carbocycles. The first-order valence-corrected chi connectivity index (χ1v) is 12.1. The van der Waals surface area contributed by atoms with E-state index in [1.165, 1.54) is 19.2 Å². The van der Waals surface area contributed by atoms with Crippen molar-refractivity contribution in [1.82, 2.24) is 10.3 Å². The second-order valence-corrected chi connectivity index (χ2v) is 7.54. The number of anilines is 2. The number of pyridine rings is 1. The number of fused-ring (bicyclic) bond motifs is 1. The summed E-state index contributed by atoms with van der Waals surface area (Å²) in [5, 5.41) is 16.9. The van der Waals surface area contributed by atoms with E-state index in [2.05, 4.69) is 26.6 Å². The van der Waals surface area contributed by atoms with Crippen molar-refractivity contribution in [2.45, 2.75) is 47.3 Å². The lowest BCUT2D eigenvalue weighted by Crippen LogP contribution is -2.43. The fourth-order valence-electron chi connectivity index (χ4n) is 3.94. The summed E-state index contributed by atoms with van der Waals surface area (Å²) in [6.07, 6.45) is -2.91. The molecule has 0 atom stereocenters. The first-order chi connectivity index (χ1) is 16.9. The molecule has 2 N–H and O–H groups in total. The molecule has 0 radical (unpaired) electrons. The van der Waals surface area contributed by atoms with E-state index in [-0.39, 0.29) is 12.1 Å². The highest BCUT2D eigenvalue weighted by molar-refractivity contribution is 5.96. The predicted octanol–water partition coefficient (Wildman–Crippen LogP) is 6.51. The lowest BCUT2D eigenvalue weighted by molar-refractivity contribution is -0.138. The zero-order chi connectivity index (χ0) is 26.0. The quantitative estimate of drug-likeness (QED) is 0.441. The summed E-state index contributed by atoms with van der Waals surface area (Å²) < 4.78 is 39.8. The van der Waals surface area contributed by atoms with Crippen molar-refractivity contribution in [2.24, 2.45) is 0 Å². The van der Waals surface area contributed by atoms with Crippen LogP contribution in [-0.4, -0.2) is 31.2 Å². The zero-order valence-corrected chi connectivity index (χ0v) is 21.1. The zero-order valence-electron chi connectivity index (χ0n) is 21.1. The SMILES string of the molecule is CC.CC.Cc1c(CNc2c(C#N)cnc3ccc(N4CCNCC4)cc23)cccc1C(F)(F)F. The van der Waals surface area contributed by atoms with Crippen LogP contribution >= 0.6 is 0 Å². The minimum absolute atomic E-state index is 0.168. The molecule has 8 heteroatoms. The van der Waals surface area contributed by atoms with Gasteiger partial charge in [0.05, 0.1) is 22.3 Å². The van der Waals surface area contributed by atoms with E-state index >= 15 is 0 Å². The van der Waals surface area contributed by atoms with Crippen LogP contribution in [0.25, 0.3) is 10.9 Å². The first-order valence-electron chi connectivity index (χ1n) is 12.1. The number of rotatable bonds is 4. The summed E-state index contributed by atoms with van der Waals surface area (Å²) in [6, 6.07) is 12.2. The van der Waals surface area contributed by atoms with Gasteiger partial charge in [0.2, 0.25) is 0 Å². The predicted molar refractivity (Wildman–Crippen MR) is 138 cm³/mol. The van der Waals surface area contributed by atoms with Gasteiger partial charge in [-0.25, -0.2) is 0 Å². The van der Waals surface area contributed by atoms with Crippen LogP contribution in [0.3, 0.4) is 0 Å². The molecule has 2 aromatic carbocycles. The molecule has 1 aromatic heterocycles. The minimum Gasteiger partial charge on any atom is -0.379 e. The van der Waals surface area contributed by atoms with Crippen molar-refractivity contribution in [3.05, 3.63) is 64.8 Å². The van der Waals surface area contributed by atoms with Crippen LogP contribution in [0, 0.1) is 18.3 Å². The van der Waals surface area contributed by atoms with Crippen LogP contribution in [0.5, 0.6) is 0 Å². The third-order valence-corrected chi connectivity index (χ3v) is 5.66. The van der Waals surface area contributed by atoms with E-state index in [4.69, 9.17) is 0 Å². The van der Waals surface area contributed by atoms with Gasteiger partial charge in [0.15, 0.2) is 0 Å². The normalized spacial score (nSPS) is 13.2. The van der Waals surface area contributed by atoms with Crippen LogP contribution < -0.4 is 15.5 Å². The molecule has 0 aliphatic carbocycles. The molecular formula is C27H34F3N5. The Bertz CT molecular complexity index is 1150. The van der Waals surface area contributed by atoms with Crippen LogP contribution in [-0.2, 0) is 12.7 Å². The molecule has 1 saturated heterocycles. The number of benzene rings is 2. The molecule has 0 unspecified atom stereocenters. The van der Waals surface area contributed by atoms with Crippen molar-refractivity contribution in [3.8, 4) is 6.07 Å². The maximum Gasteiger partial charge on any atom is 0.416 e. The summed E-state index contributed by atoms with van der Waals surface area (Å²) in [5.41, 5.74) is 2.76. The van der Waals surface area contributed by atoms with Gasteiger partial charge in [-0.05, 0) is 42.3 Å². The smallest absolute Gasteiger partial charge is 0.379 e. The van der Waals surface area contributed by atoms with Crippen molar-refractivity contribution < 1.29 is 13.2 Å². The highest BCUT2D eigenvalue weighted by Gasteiger charge is 2.32. The maximum absolute atomic E-state index is 13.3. The summed E-state index contributed by atoms with van der Waals surface area (Å²) >= 11 is 0. The molecular weight excluding hydrogens is 451 g/mol.